The summed E-state index contributed by atoms with van der Waals surface area (Å²) in [5, 5.41) is 12.3. The number of hydrogen-bond acceptors (Lipinski definition) is 5. The summed E-state index contributed by atoms with van der Waals surface area (Å²) in [6, 6.07) is 15.6. The first-order valence-corrected chi connectivity index (χ1v) is 13.0. The molecule has 0 aliphatic carbocycles. The molecule has 5 rings (SSSR count). The number of amides is 2. The third-order valence-corrected chi connectivity index (χ3v) is 8.01. The van der Waals surface area contributed by atoms with E-state index in [0.29, 0.717) is 44.5 Å². The molecular formula is C28H26Cl2FN3O4. The van der Waals surface area contributed by atoms with Gasteiger partial charge >= 0.3 is 0 Å². The molecule has 2 unspecified atom stereocenters. The van der Waals surface area contributed by atoms with E-state index in [9.17, 15) is 19.1 Å². The molecule has 0 saturated carbocycles. The van der Waals surface area contributed by atoms with Crippen molar-refractivity contribution in [3.8, 4) is 0 Å². The highest BCUT2D eigenvalue weighted by atomic mass is 35.5. The van der Waals surface area contributed by atoms with Crippen molar-refractivity contribution in [3.05, 3.63) is 98.8 Å². The molecule has 2 amide bonds. The van der Waals surface area contributed by atoms with Crippen LogP contribution < -0.4 is 0 Å². The predicted octanol–water partition coefficient (Wildman–Crippen LogP) is 4.89. The number of hydrogen-bond donors (Lipinski definition) is 1. The minimum atomic E-state index is -1.25. The Balaban J connectivity index is 1.66. The molecule has 0 radical (unpaired) electrons. The molecule has 1 N–H and O–H groups in total. The van der Waals surface area contributed by atoms with E-state index in [1.54, 1.807) is 47.4 Å². The lowest BCUT2D eigenvalue weighted by Gasteiger charge is -2.44. The van der Waals surface area contributed by atoms with E-state index in [1.807, 2.05) is 12.1 Å². The number of fused-ring (bicyclic) bond motifs is 1. The van der Waals surface area contributed by atoms with Gasteiger partial charge in [0.05, 0.1) is 11.6 Å². The van der Waals surface area contributed by atoms with Crippen LogP contribution in [0.1, 0.15) is 52.0 Å². The third-order valence-electron chi connectivity index (χ3n) is 7.54. The van der Waals surface area contributed by atoms with Crippen LogP contribution >= 0.6 is 23.2 Å². The van der Waals surface area contributed by atoms with Crippen LogP contribution in [0.2, 0.25) is 10.0 Å². The van der Waals surface area contributed by atoms with E-state index >= 15 is 0 Å². The van der Waals surface area contributed by atoms with E-state index in [-0.39, 0.29) is 30.9 Å². The Hall–Kier alpha value is -3.04. The lowest BCUT2D eigenvalue weighted by atomic mass is 9.78. The second kappa shape index (κ2) is 10.6. The van der Waals surface area contributed by atoms with Crippen molar-refractivity contribution < 1.29 is 23.9 Å². The van der Waals surface area contributed by atoms with Gasteiger partial charge in [-0.2, -0.15) is 5.06 Å². The first kappa shape index (κ1) is 26.6. The van der Waals surface area contributed by atoms with Crippen LogP contribution in [0.15, 0.2) is 60.8 Å². The van der Waals surface area contributed by atoms with Crippen LogP contribution in [0.25, 0.3) is 0 Å². The van der Waals surface area contributed by atoms with Gasteiger partial charge in [-0.05, 0) is 53.4 Å². The quantitative estimate of drug-likeness (QED) is 0.426. The highest BCUT2D eigenvalue weighted by Crippen LogP contribution is 2.48. The maximum atomic E-state index is 13.8. The fourth-order valence-corrected chi connectivity index (χ4v) is 5.88. The average Bonchev–Trinajstić information content (AvgIpc) is 3.11. The largest absolute Gasteiger partial charge is 0.396 e. The number of aromatic nitrogens is 1. The van der Waals surface area contributed by atoms with E-state index in [2.05, 4.69) is 4.98 Å². The Morgan fingerprint density at radius 2 is 1.92 bits per heavy atom. The maximum absolute atomic E-state index is 13.8. The summed E-state index contributed by atoms with van der Waals surface area (Å²) >= 11 is 12.2. The summed E-state index contributed by atoms with van der Waals surface area (Å²) in [4.78, 5) is 37.4. The maximum Gasteiger partial charge on any atom is 0.279 e. The number of carbonyl (C=O) groups is 2. The van der Waals surface area contributed by atoms with Crippen molar-refractivity contribution in [3.63, 3.8) is 0 Å². The first-order valence-electron chi connectivity index (χ1n) is 12.2. The molecule has 38 heavy (non-hydrogen) atoms. The Bertz CT molecular complexity index is 1360. The first-order chi connectivity index (χ1) is 18.3. The van der Waals surface area contributed by atoms with Gasteiger partial charge in [0, 0.05) is 54.3 Å². The van der Waals surface area contributed by atoms with E-state index in [1.165, 1.54) is 13.1 Å². The van der Waals surface area contributed by atoms with Crippen LogP contribution in [-0.4, -0.2) is 57.9 Å². The molecule has 3 heterocycles. The summed E-state index contributed by atoms with van der Waals surface area (Å²) in [7, 11) is 0. The number of likely N-dealkylation sites (tertiary alicyclic amines) is 1. The smallest absolute Gasteiger partial charge is 0.279 e. The Labute approximate surface area is 229 Å². The second-order valence-corrected chi connectivity index (χ2v) is 10.4. The topological polar surface area (TPSA) is 83.0 Å². The van der Waals surface area contributed by atoms with Crippen molar-refractivity contribution >= 4 is 35.0 Å². The number of aliphatic hydroxyl groups excluding tert-OH is 1. The molecule has 1 fully saturated rings. The van der Waals surface area contributed by atoms with E-state index < -0.39 is 18.3 Å². The van der Waals surface area contributed by atoms with Gasteiger partial charge in [-0.1, -0.05) is 47.5 Å². The van der Waals surface area contributed by atoms with E-state index in [0.717, 1.165) is 11.5 Å². The fourth-order valence-electron chi connectivity index (χ4n) is 5.65. The van der Waals surface area contributed by atoms with Gasteiger partial charge in [-0.25, -0.2) is 9.23 Å². The minimum absolute atomic E-state index is 0.0586. The standard InChI is InChI=1S/C28H26Cl2FN3O4/c1-17(36)33-11-10-26(33)24(15-35)18-2-9-25-23(12-18)27(37)34(38-16-31)28(25,19-3-5-20(29)6-4-19)13-22-8-7-21(30)14-32-22/h2-9,12,14,24,26,35H,10-11,13,15-16H2,1H3/t24?,26?,28-/m1/s1. The molecule has 3 aromatic rings. The van der Waals surface area contributed by atoms with Crippen molar-refractivity contribution in [1.29, 1.82) is 0 Å². The lowest BCUT2D eigenvalue weighted by Crippen LogP contribution is -2.53. The number of aliphatic hydroxyl groups is 1. The number of nitrogens with zero attached hydrogens (tertiary/aromatic N) is 3. The number of pyridine rings is 1. The summed E-state index contributed by atoms with van der Waals surface area (Å²) in [5.41, 5.74) is 1.67. The average molecular weight is 558 g/mol. The molecule has 1 aromatic heterocycles. The molecule has 0 bridgehead atoms. The Morgan fingerprint density at radius 1 is 1.18 bits per heavy atom. The van der Waals surface area contributed by atoms with Crippen molar-refractivity contribution in [2.24, 2.45) is 0 Å². The van der Waals surface area contributed by atoms with Crippen LogP contribution in [0.5, 0.6) is 0 Å². The molecule has 2 aliphatic rings. The summed E-state index contributed by atoms with van der Waals surface area (Å²) < 4.78 is 13.8. The van der Waals surface area contributed by atoms with Crippen molar-refractivity contribution in [2.45, 2.75) is 37.3 Å². The number of benzene rings is 2. The van der Waals surface area contributed by atoms with Crippen LogP contribution in [0.3, 0.4) is 0 Å². The molecule has 0 spiro atoms. The number of alkyl halides is 1. The SMILES string of the molecule is CC(=O)N1CCC1C(CO)c1ccc2c(c1)C(=O)N(OCF)[C@]2(Cc1ccc(Cl)cn1)c1ccc(Cl)cc1. The molecule has 2 aromatic carbocycles. The van der Waals surface area contributed by atoms with Gasteiger partial charge in [0.25, 0.3) is 5.91 Å². The highest BCUT2D eigenvalue weighted by Gasteiger charge is 2.53. The molecular weight excluding hydrogens is 532 g/mol. The lowest BCUT2D eigenvalue weighted by molar-refractivity contribution is -0.196. The molecule has 3 atom stereocenters. The van der Waals surface area contributed by atoms with Gasteiger partial charge in [-0.3, -0.25) is 14.6 Å². The number of halogens is 3. The van der Waals surface area contributed by atoms with Gasteiger partial charge in [-0.15, -0.1) is 0 Å². The van der Waals surface area contributed by atoms with E-state index in [4.69, 9.17) is 28.0 Å². The van der Waals surface area contributed by atoms with Gasteiger partial charge in [0.1, 0.15) is 5.54 Å². The monoisotopic (exact) mass is 557 g/mol. The number of carbonyl (C=O) groups excluding carboxylic acids is 2. The molecule has 2 aliphatic heterocycles. The third kappa shape index (κ3) is 4.45. The van der Waals surface area contributed by atoms with Crippen LogP contribution in [0.4, 0.5) is 4.39 Å². The predicted molar refractivity (Wildman–Crippen MR) is 140 cm³/mol. The summed E-state index contributed by atoms with van der Waals surface area (Å²) in [6.45, 7) is 0.727. The zero-order chi connectivity index (χ0) is 27.0. The van der Waals surface area contributed by atoms with Gasteiger partial charge < -0.3 is 10.0 Å². The molecule has 7 nitrogen and oxygen atoms in total. The normalized spacial score (nSPS) is 21.3. The van der Waals surface area contributed by atoms with Crippen molar-refractivity contribution in [2.75, 3.05) is 20.0 Å². The fraction of sp³-hybridized carbons (Fsp3) is 0.321. The summed E-state index contributed by atoms with van der Waals surface area (Å²) in [6.07, 6.45) is 2.44. The van der Waals surface area contributed by atoms with Gasteiger partial charge in [0.2, 0.25) is 12.8 Å². The number of hydroxylamine groups is 2. The van der Waals surface area contributed by atoms with Crippen LogP contribution in [-0.2, 0) is 21.6 Å². The zero-order valence-corrected chi connectivity index (χ0v) is 22.1. The van der Waals surface area contributed by atoms with Crippen molar-refractivity contribution in [1.82, 2.24) is 14.9 Å². The molecule has 1 saturated heterocycles. The Kier molecular flexibility index (Phi) is 7.42. The Morgan fingerprint density at radius 3 is 2.50 bits per heavy atom. The summed E-state index contributed by atoms with van der Waals surface area (Å²) in [5.74, 6) is -0.946. The zero-order valence-electron chi connectivity index (χ0n) is 20.6. The molecule has 198 valence electrons. The number of rotatable bonds is 8. The second-order valence-electron chi connectivity index (χ2n) is 9.51. The highest BCUT2D eigenvalue weighted by molar-refractivity contribution is 6.30. The molecule has 10 heteroatoms. The minimum Gasteiger partial charge on any atom is -0.396 e. The van der Waals surface area contributed by atoms with Gasteiger partial charge in [0.15, 0.2) is 0 Å². The van der Waals surface area contributed by atoms with Crippen LogP contribution in [0, 0.1) is 0 Å².